The number of hydrogen-bond donors (Lipinski definition) is 5. The normalized spacial score (nSPS) is 37.4. The van der Waals surface area contributed by atoms with E-state index >= 15 is 0 Å². The van der Waals surface area contributed by atoms with Crippen molar-refractivity contribution in [2.75, 3.05) is 73.7 Å². The summed E-state index contributed by atoms with van der Waals surface area (Å²) in [6.07, 6.45) is -1.54. The summed E-state index contributed by atoms with van der Waals surface area (Å²) in [5.74, 6) is -3.99. The molecule has 77 heavy (non-hydrogen) atoms. The largest absolute Gasteiger partial charge is 0.477 e. The van der Waals surface area contributed by atoms with E-state index in [0.717, 1.165) is 5.56 Å². The van der Waals surface area contributed by atoms with Crippen LogP contribution in [0, 0.1) is 17.8 Å². The van der Waals surface area contributed by atoms with E-state index in [1.807, 2.05) is 83.8 Å². The fraction of sp³-hybridized carbons (Fsp3) is 0.772. The number of nitrogens with zero attached hydrogens (tertiary/aromatic N) is 4. The Morgan fingerprint density at radius 3 is 2.23 bits per heavy atom. The SMILES string of the molecule is CC[C@H]1OC(=O)[C@H](C)[C@@H](O[C@H]2C[C@@](C)(OC)[C@@H](OCCCCOCC=Cc3ccc4c(c3)c(=O)c(C(=O)O)cn4N(C)C)[C@H](C)O2)[C@H](C)[C@@H](O[C@@H]2O[C@H](C)C[C@H](N(C)C)[C@H]2O)[C@](C)(O)C[C@@H](C)CN(C)[C@H](C)[C@@H](O)[C@]1(C)O. The van der Waals surface area contributed by atoms with Crippen LogP contribution in [0.3, 0.4) is 0 Å². The van der Waals surface area contributed by atoms with Crippen LogP contribution in [-0.4, -0.2) is 211 Å². The van der Waals surface area contributed by atoms with Gasteiger partial charge in [0.1, 0.15) is 35.6 Å². The monoisotopic (exact) mass is 1090 g/mol. The Morgan fingerprint density at radius 2 is 1.61 bits per heavy atom. The van der Waals surface area contributed by atoms with Crippen LogP contribution in [0.4, 0.5) is 0 Å². The first-order valence-electron chi connectivity index (χ1n) is 27.5. The number of rotatable bonds is 18. The molecular formula is C57H94N4O16. The molecule has 0 radical (unpaired) electrons. The minimum atomic E-state index is -1.84. The molecule has 3 saturated heterocycles. The first-order valence-corrected chi connectivity index (χ1v) is 27.5. The number of ether oxygens (including phenoxy) is 8. The summed E-state index contributed by atoms with van der Waals surface area (Å²) < 4.78 is 53.1. The molecule has 18 atom stereocenters. The van der Waals surface area contributed by atoms with Crippen molar-refractivity contribution in [1.82, 2.24) is 14.5 Å². The van der Waals surface area contributed by atoms with Gasteiger partial charge < -0.3 is 78.2 Å². The molecule has 438 valence electrons. The lowest BCUT2D eigenvalue weighted by Crippen LogP contribution is -2.61. The Kier molecular flexibility index (Phi) is 22.7. The number of cyclic esters (lactones) is 1. The summed E-state index contributed by atoms with van der Waals surface area (Å²) in [6.45, 7) is 19.6. The minimum absolute atomic E-state index is 0.175. The lowest BCUT2D eigenvalue weighted by molar-refractivity contribution is -0.320. The number of aliphatic hydroxyl groups is 4. The van der Waals surface area contributed by atoms with Crippen LogP contribution < -0.4 is 10.4 Å². The van der Waals surface area contributed by atoms with Crippen LogP contribution >= 0.6 is 0 Å². The number of aromatic nitrogens is 1. The predicted octanol–water partition coefficient (Wildman–Crippen LogP) is 4.65. The summed E-state index contributed by atoms with van der Waals surface area (Å²) >= 11 is 0. The second-order valence-electron chi connectivity index (χ2n) is 23.3. The van der Waals surface area contributed by atoms with E-state index in [-0.39, 0.29) is 42.9 Å². The van der Waals surface area contributed by atoms with Gasteiger partial charge in [-0.3, -0.25) is 14.3 Å². The number of unbranched alkanes of at least 4 members (excludes halogenated alkanes) is 1. The van der Waals surface area contributed by atoms with Crippen LogP contribution in [-0.2, 0) is 42.7 Å². The average molecular weight is 1090 g/mol. The van der Waals surface area contributed by atoms with E-state index < -0.39 is 107 Å². The number of benzene rings is 1. The van der Waals surface area contributed by atoms with Gasteiger partial charge >= 0.3 is 11.9 Å². The number of esters is 1. The molecule has 1 aromatic heterocycles. The molecule has 1 aromatic carbocycles. The fourth-order valence-corrected chi connectivity index (χ4v) is 11.8. The highest BCUT2D eigenvalue weighted by molar-refractivity contribution is 5.93. The molecule has 3 fully saturated rings. The maximum absolute atomic E-state index is 14.6. The molecule has 0 saturated carbocycles. The third-order valence-corrected chi connectivity index (χ3v) is 16.3. The summed E-state index contributed by atoms with van der Waals surface area (Å²) in [6, 6.07) is 4.45. The summed E-state index contributed by atoms with van der Waals surface area (Å²) in [7, 11) is 10.7. The van der Waals surface area contributed by atoms with E-state index in [4.69, 9.17) is 37.9 Å². The number of carboxylic acid groups (broad SMARTS) is 1. The van der Waals surface area contributed by atoms with Gasteiger partial charge in [-0.05, 0) is 125 Å². The van der Waals surface area contributed by atoms with E-state index in [1.165, 1.54) is 13.1 Å². The molecule has 0 amide bonds. The van der Waals surface area contributed by atoms with Gasteiger partial charge in [-0.2, -0.15) is 0 Å². The molecule has 2 aromatic rings. The predicted molar refractivity (Wildman–Crippen MR) is 292 cm³/mol. The zero-order chi connectivity index (χ0) is 57.5. The van der Waals surface area contributed by atoms with Crippen molar-refractivity contribution in [3.8, 4) is 0 Å². The Balaban J connectivity index is 1.31. The van der Waals surface area contributed by atoms with E-state index in [9.17, 15) is 39.9 Å². The Morgan fingerprint density at radius 1 is 0.935 bits per heavy atom. The molecule has 0 unspecified atom stereocenters. The molecule has 4 heterocycles. The molecule has 3 aliphatic heterocycles. The van der Waals surface area contributed by atoms with Gasteiger partial charge in [0.15, 0.2) is 12.6 Å². The van der Waals surface area contributed by atoms with Gasteiger partial charge in [-0.1, -0.05) is 39.0 Å². The van der Waals surface area contributed by atoms with Gasteiger partial charge in [-0.15, -0.1) is 0 Å². The van der Waals surface area contributed by atoms with Crippen LogP contribution in [0.1, 0.15) is 124 Å². The van der Waals surface area contributed by atoms with Gasteiger partial charge in [-0.25, -0.2) is 4.79 Å². The first kappa shape index (κ1) is 64.2. The summed E-state index contributed by atoms with van der Waals surface area (Å²) in [5, 5.41) is 59.8. The van der Waals surface area contributed by atoms with E-state index in [1.54, 1.807) is 70.7 Å². The minimum Gasteiger partial charge on any atom is -0.477 e. The van der Waals surface area contributed by atoms with E-state index in [2.05, 4.69) is 0 Å². The first-order chi connectivity index (χ1) is 36.0. The fourth-order valence-electron chi connectivity index (χ4n) is 11.8. The highest BCUT2D eigenvalue weighted by Crippen LogP contribution is 2.41. The van der Waals surface area contributed by atoms with Crippen molar-refractivity contribution in [2.45, 2.75) is 198 Å². The number of aliphatic hydroxyl groups excluding tert-OH is 2. The van der Waals surface area contributed by atoms with Crippen LogP contribution in [0.5, 0.6) is 0 Å². The van der Waals surface area contributed by atoms with Crippen molar-refractivity contribution in [3.05, 3.63) is 51.8 Å². The van der Waals surface area contributed by atoms with Crippen molar-refractivity contribution in [1.29, 1.82) is 0 Å². The Labute approximate surface area is 456 Å². The summed E-state index contributed by atoms with van der Waals surface area (Å²) in [4.78, 5) is 43.2. The van der Waals surface area contributed by atoms with Gasteiger partial charge in [0, 0.05) is 77.0 Å². The van der Waals surface area contributed by atoms with Crippen molar-refractivity contribution >= 4 is 28.9 Å². The molecule has 0 bridgehead atoms. The number of fused-ring (bicyclic) bond motifs is 1. The maximum Gasteiger partial charge on any atom is 0.341 e. The lowest BCUT2D eigenvalue weighted by atomic mass is 9.77. The number of carbonyl (C=O) groups is 2. The Bertz CT molecular complexity index is 2330. The quantitative estimate of drug-likeness (QED) is 0.101. The zero-order valence-corrected chi connectivity index (χ0v) is 48.7. The lowest BCUT2D eigenvalue weighted by Gasteiger charge is -2.49. The number of carbonyl (C=O) groups excluding carboxylic acids is 1. The smallest absolute Gasteiger partial charge is 0.341 e. The van der Waals surface area contributed by atoms with Gasteiger partial charge in [0.2, 0.25) is 5.43 Å². The second-order valence-corrected chi connectivity index (χ2v) is 23.3. The number of aromatic carboxylic acids is 1. The van der Waals surface area contributed by atoms with Crippen molar-refractivity contribution in [3.63, 3.8) is 0 Å². The van der Waals surface area contributed by atoms with Crippen molar-refractivity contribution in [2.24, 2.45) is 17.8 Å². The van der Waals surface area contributed by atoms with E-state index in [0.29, 0.717) is 56.5 Å². The number of likely N-dealkylation sites (N-methyl/N-ethyl adjacent to an activating group) is 2. The van der Waals surface area contributed by atoms with Gasteiger partial charge in [0.05, 0.1) is 53.7 Å². The highest BCUT2D eigenvalue weighted by Gasteiger charge is 2.53. The van der Waals surface area contributed by atoms with Crippen molar-refractivity contribution < 1.29 is 73.0 Å². The highest BCUT2D eigenvalue weighted by atomic mass is 16.7. The Hall–Kier alpha value is -3.61. The molecule has 3 aliphatic rings. The third-order valence-electron chi connectivity index (χ3n) is 16.3. The average Bonchev–Trinajstić information content (AvgIpc) is 3.36. The number of pyridine rings is 1. The topological polar surface area (TPSA) is 241 Å². The van der Waals surface area contributed by atoms with Gasteiger partial charge in [0.25, 0.3) is 0 Å². The number of methoxy groups -OCH3 is 1. The number of carboxylic acids is 1. The summed E-state index contributed by atoms with van der Waals surface area (Å²) in [5.41, 5.74) is -3.89. The third kappa shape index (κ3) is 15.4. The molecule has 5 rings (SSSR count). The zero-order valence-electron chi connectivity index (χ0n) is 48.7. The molecule has 0 aliphatic carbocycles. The number of hydrogen-bond acceptors (Lipinski definition) is 18. The second kappa shape index (κ2) is 27.2. The molecule has 0 spiro atoms. The molecule has 20 heteroatoms. The maximum atomic E-state index is 14.6. The van der Waals surface area contributed by atoms with Crippen LogP contribution in [0.25, 0.3) is 17.0 Å². The van der Waals surface area contributed by atoms with Crippen LogP contribution in [0.2, 0.25) is 0 Å². The molecular weight excluding hydrogens is 997 g/mol. The van der Waals surface area contributed by atoms with Crippen LogP contribution in [0.15, 0.2) is 35.3 Å². The molecule has 20 nitrogen and oxygen atoms in total. The standard InChI is InChI=1S/C57H94N4O16/c1-17-44-57(10,69)49(64)37(6)60(15)31-33(2)29-55(8,68)50(77-54-47(63)43(58(11)12)27-34(3)73-54)35(4)48(36(5)53(67)75-44)76-45-30-56(9,70-16)51(38(7)74-45)72-26-19-18-24-71-25-20-21-39-22-23-42-40(28-39)46(62)41(52(65)66)32-61(42)59(13)14/h20-23,28,32-38,43-45,47-51,54,63-64,68-69H,17-19,24-27,29-31H2,1-16H3,(H,65,66)/t33-,34-,35+,36-,37-,38+,43+,44-,45+,47-,48+,49-,50-,51+,54+,55-,56-,57-/m1/s1. The molecule has 5 N–H and O–H groups in total.